The van der Waals surface area contributed by atoms with Gasteiger partial charge in [0.15, 0.2) is 5.76 Å². The minimum atomic E-state index is -0.674. The third-order valence-corrected chi connectivity index (χ3v) is 4.94. The van der Waals surface area contributed by atoms with E-state index in [0.29, 0.717) is 23.6 Å². The van der Waals surface area contributed by atoms with Gasteiger partial charge in [0.2, 0.25) is 5.95 Å². The third kappa shape index (κ3) is 4.67. The molecule has 0 aliphatic heterocycles. The molecule has 11 nitrogen and oxygen atoms in total. The zero-order valence-electron chi connectivity index (χ0n) is 17.2. The number of nitro groups is 1. The van der Waals surface area contributed by atoms with E-state index in [1.54, 1.807) is 12.1 Å². The van der Waals surface area contributed by atoms with E-state index in [1.165, 1.54) is 35.2 Å². The van der Waals surface area contributed by atoms with Gasteiger partial charge in [0.05, 0.1) is 11.2 Å². The first kappa shape index (κ1) is 22.0. The summed E-state index contributed by atoms with van der Waals surface area (Å²) in [5.41, 5.74) is 0.189. The zero-order valence-corrected chi connectivity index (χ0v) is 18.0. The molecule has 0 atom stereocenters. The number of nitrogens with zero attached hydrogens (tertiary/aromatic N) is 4. The van der Waals surface area contributed by atoms with Crippen molar-refractivity contribution in [3.63, 3.8) is 0 Å². The second-order valence-corrected chi connectivity index (χ2v) is 7.40. The van der Waals surface area contributed by atoms with Gasteiger partial charge in [0.1, 0.15) is 16.5 Å². The molecule has 0 aliphatic rings. The van der Waals surface area contributed by atoms with Crippen molar-refractivity contribution in [1.82, 2.24) is 19.7 Å². The van der Waals surface area contributed by atoms with E-state index in [1.807, 2.05) is 6.92 Å². The molecular formula is C21H17ClN6O5. The first-order valence-corrected chi connectivity index (χ1v) is 10.2. The Hall–Kier alpha value is -4.25. The van der Waals surface area contributed by atoms with E-state index in [4.69, 9.17) is 16.0 Å². The van der Waals surface area contributed by atoms with E-state index in [9.17, 15) is 19.7 Å². The molecule has 0 radical (unpaired) electrons. The number of carbonyl (C=O) groups is 1. The van der Waals surface area contributed by atoms with Crippen molar-refractivity contribution in [2.24, 2.45) is 0 Å². The molecule has 4 rings (SSSR count). The van der Waals surface area contributed by atoms with Crippen LogP contribution in [0.15, 0.2) is 57.9 Å². The minimum absolute atomic E-state index is 0.0135. The standard InChI is InChI=1S/C21H17ClN6O5/c1-2-4-13-10-19(29)25-21(23-13)27-18(11-15(26-27)17-5-3-8-33-17)24-20(30)12-6-7-14(22)16(9-12)28(31)32/h3,5-11H,2,4H2,1H3,(H,24,30)(H,23,25,29). The lowest BCUT2D eigenvalue weighted by atomic mass is 10.2. The molecule has 2 N–H and O–H groups in total. The Labute approximate surface area is 191 Å². The summed E-state index contributed by atoms with van der Waals surface area (Å²) in [6.45, 7) is 1.96. The Balaban J connectivity index is 1.77. The maximum absolute atomic E-state index is 12.9. The van der Waals surface area contributed by atoms with Crippen LogP contribution in [0, 0.1) is 10.1 Å². The Morgan fingerprint density at radius 1 is 1.30 bits per heavy atom. The number of H-pyrrole nitrogens is 1. The molecule has 33 heavy (non-hydrogen) atoms. The normalized spacial score (nSPS) is 10.8. The third-order valence-electron chi connectivity index (χ3n) is 4.62. The van der Waals surface area contributed by atoms with Gasteiger partial charge in [-0.1, -0.05) is 24.9 Å². The van der Waals surface area contributed by atoms with Crippen LogP contribution in [0.4, 0.5) is 11.5 Å². The number of rotatable bonds is 7. The number of nitrogens with one attached hydrogen (secondary N) is 2. The fourth-order valence-electron chi connectivity index (χ4n) is 3.14. The van der Waals surface area contributed by atoms with Crippen molar-refractivity contribution < 1.29 is 14.1 Å². The number of carbonyl (C=O) groups excluding carboxylic acids is 1. The van der Waals surface area contributed by atoms with Gasteiger partial charge >= 0.3 is 0 Å². The molecule has 3 heterocycles. The Morgan fingerprint density at radius 2 is 2.12 bits per heavy atom. The maximum Gasteiger partial charge on any atom is 0.288 e. The first-order chi connectivity index (χ1) is 15.9. The highest BCUT2D eigenvalue weighted by molar-refractivity contribution is 6.32. The summed E-state index contributed by atoms with van der Waals surface area (Å²) in [5, 5.41) is 18.2. The molecule has 3 aromatic heterocycles. The fraction of sp³-hybridized carbons (Fsp3) is 0.143. The summed E-state index contributed by atoms with van der Waals surface area (Å²) in [6.07, 6.45) is 2.84. The number of aryl methyl sites for hydroxylation is 1. The van der Waals surface area contributed by atoms with Crippen molar-refractivity contribution in [3.8, 4) is 17.4 Å². The molecule has 0 unspecified atom stereocenters. The largest absolute Gasteiger partial charge is 0.463 e. The van der Waals surface area contributed by atoms with Gasteiger partial charge in [-0.25, -0.2) is 4.98 Å². The van der Waals surface area contributed by atoms with Gasteiger partial charge < -0.3 is 9.73 Å². The second-order valence-electron chi connectivity index (χ2n) is 6.99. The monoisotopic (exact) mass is 468 g/mol. The highest BCUT2D eigenvalue weighted by Gasteiger charge is 2.20. The number of halogens is 1. The van der Waals surface area contributed by atoms with Crippen LogP contribution in [-0.4, -0.2) is 30.6 Å². The molecule has 0 saturated heterocycles. The van der Waals surface area contributed by atoms with Crippen LogP contribution in [0.5, 0.6) is 0 Å². The molecule has 168 valence electrons. The van der Waals surface area contributed by atoms with Gasteiger partial charge in [0, 0.05) is 29.5 Å². The molecular weight excluding hydrogens is 452 g/mol. The lowest BCUT2D eigenvalue weighted by Crippen LogP contribution is -2.19. The SMILES string of the molecule is CCCc1cc(=O)[nH]c(-n2nc(-c3ccco3)cc2NC(=O)c2ccc(Cl)c([N+](=O)[O-])c2)n1. The summed E-state index contributed by atoms with van der Waals surface area (Å²) in [7, 11) is 0. The van der Waals surface area contributed by atoms with Crippen LogP contribution in [0.2, 0.25) is 5.02 Å². The van der Waals surface area contributed by atoms with Crippen molar-refractivity contribution in [1.29, 1.82) is 0 Å². The van der Waals surface area contributed by atoms with Gasteiger partial charge in [-0.05, 0) is 30.7 Å². The lowest BCUT2D eigenvalue weighted by Gasteiger charge is -2.09. The van der Waals surface area contributed by atoms with Crippen molar-refractivity contribution in [2.75, 3.05) is 5.32 Å². The highest BCUT2D eigenvalue weighted by Crippen LogP contribution is 2.27. The molecule has 0 fully saturated rings. The van der Waals surface area contributed by atoms with Gasteiger partial charge in [-0.3, -0.25) is 24.7 Å². The summed E-state index contributed by atoms with van der Waals surface area (Å²) < 4.78 is 6.65. The number of nitro benzene ring substituents is 1. The molecule has 0 saturated carbocycles. The average Bonchev–Trinajstić information content (AvgIpc) is 3.43. The van der Waals surface area contributed by atoms with Gasteiger partial charge in [-0.2, -0.15) is 9.78 Å². The zero-order chi connectivity index (χ0) is 23.5. The number of hydrogen-bond acceptors (Lipinski definition) is 7. The van der Waals surface area contributed by atoms with E-state index < -0.39 is 16.5 Å². The number of hydrogen-bond donors (Lipinski definition) is 2. The van der Waals surface area contributed by atoms with Crippen molar-refractivity contribution in [2.45, 2.75) is 19.8 Å². The number of anilines is 1. The van der Waals surface area contributed by atoms with Crippen molar-refractivity contribution in [3.05, 3.63) is 85.5 Å². The van der Waals surface area contributed by atoms with Crippen LogP contribution >= 0.6 is 11.6 Å². The molecule has 0 spiro atoms. The van der Waals surface area contributed by atoms with E-state index >= 15 is 0 Å². The van der Waals surface area contributed by atoms with Gasteiger partial charge in [0.25, 0.3) is 17.2 Å². The number of aromatic amines is 1. The summed E-state index contributed by atoms with van der Waals surface area (Å²) in [4.78, 5) is 42.6. The number of furan rings is 1. The predicted molar refractivity (Wildman–Crippen MR) is 120 cm³/mol. The first-order valence-electron chi connectivity index (χ1n) is 9.85. The molecule has 1 aromatic carbocycles. The second kappa shape index (κ2) is 9.09. The molecule has 0 aliphatic carbocycles. The van der Waals surface area contributed by atoms with E-state index in [-0.39, 0.29) is 27.9 Å². The highest BCUT2D eigenvalue weighted by atomic mass is 35.5. The number of aromatic nitrogens is 4. The summed E-state index contributed by atoms with van der Waals surface area (Å²) >= 11 is 5.84. The van der Waals surface area contributed by atoms with E-state index in [0.717, 1.165) is 12.5 Å². The van der Waals surface area contributed by atoms with Crippen LogP contribution in [0.1, 0.15) is 29.4 Å². The van der Waals surface area contributed by atoms with Crippen LogP contribution < -0.4 is 10.9 Å². The summed E-state index contributed by atoms with van der Waals surface area (Å²) in [5.74, 6) is 0.0503. The van der Waals surface area contributed by atoms with Gasteiger partial charge in [-0.15, -0.1) is 0 Å². The smallest absolute Gasteiger partial charge is 0.288 e. The number of amides is 1. The molecule has 0 bridgehead atoms. The van der Waals surface area contributed by atoms with Crippen LogP contribution in [0.25, 0.3) is 17.4 Å². The van der Waals surface area contributed by atoms with Crippen LogP contribution in [0.3, 0.4) is 0 Å². The predicted octanol–water partition coefficient (Wildman–Crippen LogP) is 3.98. The quantitative estimate of drug-likeness (QED) is 0.307. The van der Waals surface area contributed by atoms with E-state index in [2.05, 4.69) is 20.4 Å². The van der Waals surface area contributed by atoms with Crippen LogP contribution in [-0.2, 0) is 6.42 Å². The Morgan fingerprint density at radius 3 is 2.82 bits per heavy atom. The molecule has 12 heteroatoms. The Kier molecular flexibility index (Phi) is 6.05. The lowest BCUT2D eigenvalue weighted by molar-refractivity contribution is -0.384. The summed E-state index contributed by atoms with van der Waals surface area (Å²) in [6, 6.07) is 10.0. The number of benzene rings is 1. The molecule has 1 amide bonds. The molecule has 4 aromatic rings. The maximum atomic E-state index is 12.9. The van der Waals surface area contributed by atoms with Crippen molar-refractivity contribution >= 4 is 29.0 Å². The topological polar surface area (TPSA) is 149 Å². The Bertz CT molecular complexity index is 1390. The fourth-order valence-corrected chi connectivity index (χ4v) is 3.32. The minimum Gasteiger partial charge on any atom is -0.463 e. The average molecular weight is 469 g/mol.